The number of hydrogen-bond acceptors (Lipinski definition) is 2. The molecule has 3 rings (SSSR count). The van der Waals surface area contributed by atoms with Gasteiger partial charge in [-0.1, -0.05) is 24.3 Å². The van der Waals surface area contributed by atoms with Crippen LogP contribution in [0, 0.1) is 23.7 Å². The minimum Gasteiger partial charge on any atom is -0.389 e. The van der Waals surface area contributed by atoms with Gasteiger partial charge in [0.2, 0.25) is 0 Å². The molecule has 3 aliphatic carbocycles. The van der Waals surface area contributed by atoms with Crippen LogP contribution in [0.5, 0.6) is 0 Å². The summed E-state index contributed by atoms with van der Waals surface area (Å²) in [7, 11) is 0. The van der Waals surface area contributed by atoms with Gasteiger partial charge in [-0.2, -0.15) is 0 Å². The lowest BCUT2D eigenvalue weighted by Crippen LogP contribution is -2.39. The zero-order valence-electron chi connectivity index (χ0n) is 7.38. The lowest BCUT2D eigenvalue weighted by molar-refractivity contribution is 0.0277. The Morgan fingerprint density at radius 3 is 1.69 bits per heavy atom. The molecule has 0 saturated heterocycles. The first-order chi connectivity index (χ1) is 6.27. The predicted octanol–water partition coefficient (Wildman–Crippen LogP) is 0.716. The molecule has 2 heteroatoms. The molecule has 0 spiro atoms. The van der Waals surface area contributed by atoms with Crippen LogP contribution in [0.3, 0.4) is 0 Å². The van der Waals surface area contributed by atoms with Crippen molar-refractivity contribution in [2.24, 2.45) is 23.7 Å². The van der Waals surface area contributed by atoms with Crippen LogP contribution in [0.4, 0.5) is 0 Å². The highest BCUT2D eigenvalue weighted by atomic mass is 16.3. The van der Waals surface area contributed by atoms with Crippen LogP contribution < -0.4 is 0 Å². The molecule has 13 heavy (non-hydrogen) atoms. The molecule has 2 nitrogen and oxygen atoms in total. The average Bonchev–Trinajstić information content (AvgIpc) is 2.70. The lowest BCUT2D eigenvalue weighted by atomic mass is 9.73. The minimum atomic E-state index is -0.339. The molecule has 0 aromatic carbocycles. The van der Waals surface area contributed by atoms with Gasteiger partial charge in [0, 0.05) is 11.8 Å². The molecule has 0 aliphatic heterocycles. The highest BCUT2D eigenvalue weighted by Crippen LogP contribution is 2.52. The Bertz CT molecular complexity index is 256. The summed E-state index contributed by atoms with van der Waals surface area (Å²) in [4.78, 5) is 0. The Kier molecular flexibility index (Phi) is 1.47. The Morgan fingerprint density at radius 2 is 1.23 bits per heavy atom. The highest BCUT2D eigenvalue weighted by molar-refractivity contribution is 5.22. The molecule has 2 bridgehead atoms. The molecule has 1 fully saturated rings. The highest BCUT2D eigenvalue weighted by Gasteiger charge is 2.50. The Morgan fingerprint density at radius 1 is 0.769 bits per heavy atom. The first-order valence-corrected chi connectivity index (χ1v) is 5.00. The summed E-state index contributed by atoms with van der Waals surface area (Å²) in [6, 6.07) is 0. The summed E-state index contributed by atoms with van der Waals surface area (Å²) < 4.78 is 0. The van der Waals surface area contributed by atoms with Crippen molar-refractivity contribution in [2.75, 3.05) is 0 Å². The molecular weight excluding hydrogens is 164 g/mol. The Labute approximate surface area is 77.6 Å². The summed E-state index contributed by atoms with van der Waals surface area (Å²) in [5.41, 5.74) is 0. The SMILES string of the molecule is O[C@H]1C=C[C@H](O)[C@@H]2[C@H]1[C@@H]1C=C[C@H]2C1. The van der Waals surface area contributed by atoms with Crippen molar-refractivity contribution < 1.29 is 10.2 Å². The van der Waals surface area contributed by atoms with E-state index in [9.17, 15) is 10.2 Å². The van der Waals surface area contributed by atoms with Crippen molar-refractivity contribution >= 4 is 0 Å². The maximum absolute atomic E-state index is 9.79. The van der Waals surface area contributed by atoms with Crippen LogP contribution in [0.15, 0.2) is 24.3 Å². The van der Waals surface area contributed by atoms with E-state index < -0.39 is 0 Å². The van der Waals surface area contributed by atoms with Crippen LogP contribution in [0.2, 0.25) is 0 Å². The number of hydrogen-bond donors (Lipinski definition) is 2. The molecule has 0 aromatic heterocycles. The lowest BCUT2D eigenvalue weighted by Gasteiger charge is -2.36. The summed E-state index contributed by atoms with van der Waals surface area (Å²) in [6.45, 7) is 0. The van der Waals surface area contributed by atoms with Gasteiger partial charge in [0.05, 0.1) is 12.2 Å². The van der Waals surface area contributed by atoms with E-state index in [0.29, 0.717) is 11.8 Å². The third kappa shape index (κ3) is 0.903. The van der Waals surface area contributed by atoms with Crippen LogP contribution in [-0.4, -0.2) is 22.4 Å². The van der Waals surface area contributed by atoms with Crippen molar-refractivity contribution in [3.05, 3.63) is 24.3 Å². The quantitative estimate of drug-likeness (QED) is 0.536. The topological polar surface area (TPSA) is 40.5 Å². The van der Waals surface area contributed by atoms with Gasteiger partial charge in [-0.25, -0.2) is 0 Å². The van der Waals surface area contributed by atoms with Crippen LogP contribution >= 0.6 is 0 Å². The van der Waals surface area contributed by atoms with E-state index in [1.165, 1.54) is 0 Å². The fourth-order valence-electron chi connectivity index (χ4n) is 3.34. The second-order valence-corrected chi connectivity index (χ2v) is 4.47. The van der Waals surface area contributed by atoms with Gasteiger partial charge in [0.15, 0.2) is 0 Å². The van der Waals surface area contributed by atoms with Crippen molar-refractivity contribution in [2.45, 2.75) is 18.6 Å². The smallest absolute Gasteiger partial charge is 0.0759 e. The number of allylic oxidation sites excluding steroid dienone is 2. The molecule has 2 N–H and O–H groups in total. The number of aliphatic hydroxyl groups excluding tert-OH is 2. The Balaban J connectivity index is 2.00. The molecule has 70 valence electrons. The van der Waals surface area contributed by atoms with Gasteiger partial charge in [-0.05, 0) is 18.3 Å². The van der Waals surface area contributed by atoms with E-state index in [-0.39, 0.29) is 24.0 Å². The molecule has 0 unspecified atom stereocenters. The maximum atomic E-state index is 9.79. The third-order valence-electron chi connectivity index (χ3n) is 3.88. The van der Waals surface area contributed by atoms with Gasteiger partial charge >= 0.3 is 0 Å². The summed E-state index contributed by atoms with van der Waals surface area (Å²) >= 11 is 0. The van der Waals surface area contributed by atoms with E-state index in [2.05, 4.69) is 12.2 Å². The fourth-order valence-corrected chi connectivity index (χ4v) is 3.34. The van der Waals surface area contributed by atoms with Crippen molar-refractivity contribution in [3.63, 3.8) is 0 Å². The summed E-state index contributed by atoms with van der Waals surface area (Å²) in [5.74, 6) is 1.55. The van der Waals surface area contributed by atoms with E-state index in [0.717, 1.165) is 6.42 Å². The number of aliphatic hydroxyl groups is 2. The van der Waals surface area contributed by atoms with E-state index >= 15 is 0 Å². The second kappa shape index (κ2) is 2.46. The van der Waals surface area contributed by atoms with Crippen molar-refractivity contribution in [1.29, 1.82) is 0 Å². The average molecular weight is 178 g/mol. The van der Waals surface area contributed by atoms with Crippen LogP contribution in [0.25, 0.3) is 0 Å². The van der Waals surface area contributed by atoms with Crippen molar-refractivity contribution in [3.8, 4) is 0 Å². The Hall–Kier alpha value is -0.600. The fraction of sp³-hybridized carbons (Fsp3) is 0.636. The molecule has 6 atom stereocenters. The van der Waals surface area contributed by atoms with Gasteiger partial charge in [0.1, 0.15) is 0 Å². The molecule has 0 amide bonds. The van der Waals surface area contributed by atoms with Crippen LogP contribution in [0.1, 0.15) is 6.42 Å². The second-order valence-electron chi connectivity index (χ2n) is 4.47. The molecular formula is C11H14O2. The monoisotopic (exact) mass is 178 g/mol. The van der Waals surface area contributed by atoms with Gasteiger partial charge < -0.3 is 10.2 Å². The molecule has 0 aromatic rings. The molecule has 0 radical (unpaired) electrons. The summed E-state index contributed by atoms with van der Waals surface area (Å²) in [5, 5.41) is 19.6. The maximum Gasteiger partial charge on any atom is 0.0759 e. The van der Waals surface area contributed by atoms with Gasteiger partial charge in [0.25, 0.3) is 0 Å². The first-order valence-electron chi connectivity index (χ1n) is 5.00. The zero-order chi connectivity index (χ0) is 9.00. The number of rotatable bonds is 0. The van der Waals surface area contributed by atoms with Gasteiger partial charge in [-0.3, -0.25) is 0 Å². The first kappa shape index (κ1) is 7.77. The minimum absolute atomic E-state index is 0.273. The van der Waals surface area contributed by atoms with Crippen molar-refractivity contribution in [1.82, 2.24) is 0 Å². The summed E-state index contributed by atoms with van der Waals surface area (Å²) in [6.07, 6.45) is 8.37. The number of fused-ring (bicyclic) bond motifs is 5. The van der Waals surface area contributed by atoms with Gasteiger partial charge in [-0.15, -0.1) is 0 Å². The normalized spacial score (nSPS) is 57.1. The van der Waals surface area contributed by atoms with E-state index in [1.807, 2.05) is 0 Å². The van der Waals surface area contributed by atoms with E-state index in [4.69, 9.17) is 0 Å². The largest absolute Gasteiger partial charge is 0.389 e. The third-order valence-corrected chi connectivity index (χ3v) is 3.88. The standard InChI is InChI=1S/C11H14O2/c12-8-3-4-9(13)11-7-2-1-6(5-7)10(8)11/h1-4,6-13H,5H2/t6-,7+,8-,9-,10+,11-/m0/s1. The predicted molar refractivity (Wildman–Crippen MR) is 48.9 cm³/mol. The van der Waals surface area contributed by atoms with E-state index in [1.54, 1.807) is 12.2 Å². The molecule has 3 aliphatic rings. The van der Waals surface area contributed by atoms with Crippen LogP contribution in [-0.2, 0) is 0 Å². The molecule has 0 heterocycles. The molecule has 1 saturated carbocycles. The zero-order valence-corrected chi connectivity index (χ0v) is 7.38.